The van der Waals surface area contributed by atoms with Crippen molar-refractivity contribution in [1.82, 2.24) is 10.4 Å². The summed E-state index contributed by atoms with van der Waals surface area (Å²) in [6, 6.07) is 7.72. The zero-order valence-electron chi connectivity index (χ0n) is 10.9. The van der Waals surface area contributed by atoms with Gasteiger partial charge in [-0.1, -0.05) is 17.7 Å². The lowest BCUT2D eigenvalue weighted by Gasteiger charge is -2.18. The Morgan fingerprint density at radius 1 is 1.45 bits per heavy atom. The van der Waals surface area contributed by atoms with Crippen molar-refractivity contribution < 1.29 is 4.74 Å². The van der Waals surface area contributed by atoms with Crippen LogP contribution in [0.25, 0.3) is 0 Å². The highest BCUT2D eigenvalue weighted by molar-refractivity contribution is 9.10. The number of nitrogens with two attached hydrogens (primary N) is 1. The van der Waals surface area contributed by atoms with Crippen molar-refractivity contribution in [2.24, 2.45) is 5.84 Å². The molecule has 0 bridgehead atoms. The number of aromatic nitrogens is 1. The fourth-order valence-electron chi connectivity index (χ4n) is 2.00. The van der Waals surface area contributed by atoms with Crippen LogP contribution in [-0.2, 0) is 6.42 Å². The predicted molar refractivity (Wildman–Crippen MR) is 83.7 cm³/mol. The van der Waals surface area contributed by atoms with Crippen LogP contribution in [0.5, 0.6) is 5.75 Å². The topological polar surface area (TPSA) is 60.2 Å². The van der Waals surface area contributed by atoms with Crippen molar-refractivity contribution in [3.63, 3.8) is 0 Å². The van der Waals surface area contributed by atoms with Crippen molar-refractivity contribution in [1.29, 1.82) is 0 Å². The average molecular weight is 357 g/mol. The van der Waals surface area contributed by atoms with E-state index in [0.717, 1.165) is 21.3 Å². The van der Waals surface area contributed by atoms with Gasteiger partial charge in [0, 0.05) is 12.4 Å². The van der Waals surface area contributed by atoms with Gasteiger partial charge in [-0.15, -0.1) is 0 Å². The van der Waals surface area contributed by atoms with Crippen LogP contribution in [0.3, 0.4) is 0 Å². The van der Waals surface area contributed by atoms with Crippen LogP contribution in [0.4, 0.5) is 0 Å². The van der Waals surface area contributed by atoms with Crippen molar-refractivity contribution in [2.75, 3.05) is 7.11 Å². The van der Waals surface area contributed by atoms with Gasteiger partial charge in [0.15, 0.2) is 0 Å². The summed E-state index contributed by atoms with van der Waals surface area (Å²) in [6.45, 7) is 0. The lowest BCUT2D eigenvalue weighted by atomic mass is 10.0. The molecule has 0 fully saturated rings. The van der Waals surface area contributed by atoms with Gasteiger partial charge in [0.1, 0.15) is 5.75 Å². The maximum absolute atomic E-state index is 6.16. The quantitative estimate of drug-likeness (QED) is 0.638. The highest BCUT2D eigenvalue weighted by atomic mass is 79.9. The van der Waals surface area contributed by atoms with E-state index in [-0.39, 0.29) is 6.04 Å². The lowest BCUT2D eigenvalue weighted by molar-refractivity contribution is 0.412. The fraction of sp³-hybridized carbons (Fsp3) is 0.214. The number of halogens is 2. The van der Waals surface area contributed by atoms with Crippen LogP contribution in [0.1, 0.15) is 17.2 Å². The van der Waals surface area contributed by atoms with E-state index >= 15 is 0 Å². The molecule has 6 heteroatoms. The molecule has 106 valence electrons. The monoisotopic (exact) mass is 355 g/mol. The third-order valence-electron chi connectivity index (χ3n) is 3.04. The number of hydrogen-bond acceptors (Lipinski definition) is 4. The normalized spacial score (nSPS) is 12.2. The van der Waals surface area contributed by atoms with Gasteiger partial charge in [0.2, 0.25) is 0 Å². The Labute approximate surface area is 131 Å². The van der Waals surface area contributed by atoms with Crippen LogP contribution in [0.15, 0.2) is 41.1 Å². The summed E-state index contributed by atoms with van der Waals surface area (Å²) in [4.78, 5) is 3.98. The molecule has 0 aliphatic heterocycles. The van der Waals surface area contributed by atoms with Crippen LogP contribution in [-0.4, -0.2) is 12.1 Å². The number of pyridine rings is 1. The Hall–Kier alpha value is -1.14. The molecular weight excluding hydrogens is 342 g/mol. The van der Waals surface area contributed by atoms with E-state index < -0.39 is 0 Å². The maximum atomic E-state index is 6.16. The van der Waals surface area contributed by atoms with Gasteiger partial charge in [-0.3, -0.25) is 16.3 Å². The van der Waals surface area contributed by atoms with Gasteiger partial charge in [-0.25, -0.2) is 0 Å². The van der Waals surface area contributed by atoms with E-state index in [9.17, 15) is 0 Å². The van der Waals surface area contributed by atoms with Gasteiger partial charge < -0.3 is 4.74 Å². The van der Waals surface area contributed by atoms with E-state index in [1.807, 2.05) is 24.3 Å². The third kappa shape index (κ3) is 3.49. The average Bonchev–Trinajstić information content (AvgIpc) is 2.46. The molecule has 0 aliphatic rings. The summed E-state index contributed by atoms with van der Waals surface area (Å²) in [5.41, 5.74) is 4.84. The second-order valence-electron chi connectivity index (χ2n) is 4.29. The Morgan fingerprint density at radius 2 is 2.25 bits per heavy atom. The molecule has 20 heavy (non-hydrogen) atoms. The first kappa shape index (κ1) is 15.3. The Balaban J connectivity index is 2.23. The molecular formula is C14H15BrClN3O. The highest BCUT2D eigenvalue weighted by Crippen LogP contribution is 2.29. The first-order valence-corrected chi connectivity index (χ1v) is 7.20. The van der Waals surface area contributed by atoms with Gasteiger partial charge in [-0.05, 0) is 51.7 Å². The van der Waals surface area contributed by atoms with E-state index in [1.54, 1.807) is 19.5 Å². The smallest absolute Gasteiger partial charge is 0.133 e. The van der Waals surface area contributed by atoms with Crippen molar-refractivity contribution in [3.05, 3.63) is 57.3 Å². The molecule has 1 aromatic carbocycles. The predicted octanol–water partition coefficient (Wildman–Crippen LogP) is 3.25. The Bertz CT molecular complexity index is 594. The number of benzene rings is 1. The maximum Gasteiger partial charge on any atom is 0.133 e. The standard InChI is InChI=1S/C14H15BrClN3O/c1-20-14-3-2-9(6-11(14)15)7-13(19-17)10-4-5-18-8-12(10)16/h2-6,8,13,19H,7,17H2,1H3. The number of rotatable bonds is 5. The van der Waals surface area contributed by atoms with E-state index in [0.29, 0.717) is 11.4 Å². The van der Waals surface area contributed by atoms with E-state index in [1.165, 1.54) is 0 Å². The summed E-state index contributed by atoms with van der Waals surface area (Å²) in [5.74, 6) is 6.45. The molecule has 1 aromatic heterocycles. The minimum Gasteiger partial charge on any atom is -0.496 e. The summed E-state index contributed by atoms with van der Waals surface area (Å²) in [6.07, 6.45) is 4.03. The van der Waals surface area contributed by atoms with Gasteiger partial charge in [0.25, 0.3) is 0 Å². The third-order valence-corrected chi connectivity index (χ3v) is 3.97. The molecule has 0 spiro atoms. The lowest BCUT2D eigenvalue weighted by Crippen LogP contribution is -2.29. The number of methoxy groups -OCH3 is 1. The van der Waals surface area contributed by atoms with Gasteiger partial charge in [0.05, 0.1) is 22.6 Å². The molecule has 0 radical (unpaired) electrons. The number of ether oxygens (including phenoxy) is 1. The van der Waals surface area contributed by atoms with Crippen molar-refractivity contribution in [2.45, 2.75) is 12.5 Å². The number of hydrazine groups is 1. The second kappa shape index (κ2) is 7.04. The van der Waals surface area contributed by atoms with Crippen LogP contribution >= 0.6 is 27.5 Å². The largest absolute Gasteiger partial charge is 0.496 e. The molecule has 0 amide bonds. The van der Waals surface area contributed by atoms with E-state index in [2.05, 4.69) is 26.3 Å². The summed E-state index contributed by atoms with van der Waals surface area (Å²) in [7, 11) is 1.64. The molecule has 3 N–H and O–H groups in total. The van der Waals surface area contributed by atoms with Crippen molar-refractivity contribution >= 4 is 27.5 Å². The van der Waals surface area contributed by atoms with E-state index in [4.69, 9.17) is 22.2 Å². The second-order valence-corrected chi connectivity index (χ2v) is 5.55. The highest BCUT2D eigenvalue weighted by Gasteiger charge is 2.14. The minimum atomic E-state index is -0.0780. The first-order chi connectivity index (χ1) is 9.65. The summed E-state index contributed by atoms with van der Waals surface area (Å²) >= 11 is 9.63. The molecule has 4 nitrogen and oxygen atoms in total. The number of nitrogens with one attached hydrogen (secondary N) is 1. The van der Waals surface area contributed by atoms with Crippen LogP contribution in [0.2, 0.25) is 5.02 Å². The number of hydrogen-bond donors (Lipinski definition) is 2. The summed E-state index contributed by atoms with van der Waals surface area (Å²) in [5, 5.41) is 0.600. The zero-order valence-corrected chi connectivity index (χ0v) is 13.3. The molecule has 0 saturated carbocycles. The molecule has 2 aromatic rings. The molecule has 1 heterocycles. The zero-order chi connectivity index (χ0) is 14.5. The molecule has 0 aliphatic carbocycles. The van der Waals surface area contributed by atoms with Crippen molar-refractivity contribution in [3.8, 4) is 5.75 Å². The fourth-order valence-corrected chi connectivity index (χ4v) is 2.84. The van der Waals surface area contributed by atoms with Gasteiger partial charge >= 0.3 is 0 Å². The Morgan fingerprint density at radius 3 is 2.85 bits per heavy atom. The van der Waals surface area contributed by atoms with Crippen LogP contribution < -0.4 is 16.0 Å². The molecule has 2 rings (SSSR count). The van der Waals surface area contributed by atoms with Crippen LogP contribution in [0, 0.1) is 0 Å². The Kier molecular flexibility index (Phi) is 5.37. The minimum absolute atomic E-state index is 0.0780. The van der Waals surface area contributed by atoms with Gasteiger partial charge in [-0.2, -0.15) is 0 Å². The first-order valence-electron chi connectivity index (χ1n) is 6.03. The molecule has 1 atom stereocenters. The molecule has 1 unspecified atom stereocenters. The molecule has 0 saturated heterocycles. The SMILES string of the molecule is COc1ccc(CC(NN)c2ccncc2Cl)cc1Br. The summed E-state index contributed by atoms with van der Waals surface area (Å²) < 4.78 is 6.13. The number of nitrogens with zero attached hydrogens (tertiary/aromatic N) is 1.